The van der Waals surface area contributed by atoms with E-state index in [2.05, 4.69) is 42.0 Å². The first-order valence-electron chi connectivity index (χ1n) is 4.91. The molecule has 0 aliphatic carbocycles. The Morgan fingerprint density at radius 2 is 2.21 bits per heavy atom. The number of imidazole rings is 1. The highest BCUT2D eigenvalue weighted by atomic mass is 14.9. The van der Waals surface area contributed by atoms with Crippen LogP contribution in [0.1, 0.15) is 18.1 Å². The first-order chi connectivity index (χ1) is 6.83. The zero-order valence-electron chi connectivity index (χ0n) is 8.54. The maximum atomic E-state index is 4.30. The third kappa shape index (κ3) is 1.43. The van der Waals surface area contributed by atoms with E-state index in [4.69, 9.17) is 0 Å². The molecule has 1 aromatic carbocycles. The minimum Gasteiger partial charge on any atom is -0.345 e. The lowest BCUT2D eigenvalue weighted by molar-refractivity contribution is 1.12. The fourth-order valence-corrected chi connectivity index (χ4v) is 1.76. The van der Waals surface area contributed by atoms with Gasteiger partial charge in [-0.05, 0) is 24.5 Å². The lowest BCUT2D eigenvalue weighted by Gasteiger charge is -2.08. The van der Waals surface area contributed by atoms with E-state index in [-0.39, 0.29) is 0 Å². The minimum absolute atomic E-state index is 0.972. The monoisotopic (exact) mass is 186 g/mol. The van der Waals surface area contributed by atoms with Gasteiger partial charge in [-0.3, -0.25) is 0 Å². The van der Waals surface area contributed by atoms with Crippen LogP contribution in [0.2, 0.25) is 0 Å². The topological polar surface area (TPSA) is 28.7 Å². The number of aromatic amines is 1. The van der Waals surface area contributed by atoms with Gasteiger partial charge in [-0.2, -0.15) is 0 Å². The molecule has 0 unspecified atom stereocenters. The van der Waals surface area contributed by atoms with Gasteiger partial charge in [0.15, 0.2) is 0 Å². The molecular weight excluding hydrogens is 172 g/mol. The van der Waals surface area contributed by atoms with E-state index in [1.54, 1.807) is 6.20 Å². The zero-order valence-corrected chi connectivity index (χ0v) is 8.54. The van der Waals surface area contributed by atoms with Crippen molar-refractivity contribution >= 4 is 0 Å². The molecule has 0 spiro atoms. The number of nitrogens with one attached hydrogen (secondary N) is 1. The van der Waals surface area contributed by atoms with Crippen LogP contribution in [0.25, 0.3) is 11.4 Å². The normalized spacial score (nSPS) is 10.4. The van der Waals surface area contributed by atoms with E-state index in [1.165, 1.54) is 16.7 Å². The number of rotatable bonds is 2. The second-order valence-corrected chi connectivity index (χ2v) is 3.40. The van der Waals surface area contributed by atoms with Crippen molar-refractivity contribution in [1.29, 1.82) is 0 Å². The lowest BCUT2D eigenvalue weighted by Crippen LogP contribution is -1.92. The SMILES string of the molecule is CCc1cccc(C)c1-c1ncc[nH]1. The maximum Gasteiger partial charge on any atom is 0.137 e. The molecule has 2 rings (SSSR count). The van der Waals surface area contributed by atoms with Gasteiger partial charge in [-0.25, -0.2) is 4.98 Å². The summed E-state index contributed by atoms with van der Waals surface area (Å²) in [5.74, 6) is 0.972. The molecule has 0 fully saturated rings. The molecule has 0 atom stereocenters. The van der Waals surface area contributed by atoms with E-state index in [1.807, 2.05) is 6.20 Å². The Bertz CT molecular complexity index is 416. The van der Waals surface area contributed by atoms with Crippen LogP contribution in [0.5, 0.6) is 0 Å². The maximum absolute atomic E-state index is 4.30. The molecule has 0 saturated carbocycles. The average Bonchev–Trinajstić information content (AvgIpc) is 2.70. The summed E-state index contributed by atoms with van der Waals surface area (Å²) < 4.78 is 0. The van der Waals surface area contributed by atoms with Crippen molar-refractivity contribution < 1.29 is 0 Å². The molecule has 1 N–H and O–H groups in total. The lowest BCUT2D eigenvalue weighted by atomic mass is 10.00. The van der Waals surface area contributed by atoms with Crippen molar-refractivity contribution in [2.45, 2.75) is 20.3 Å². The Balaban J connectivity index is 2.61. The first kappa shape index (κ1) is 9.00. The average molecular weight is 186 g/mol. The fraction of sp³-hybridized carbons (Fsp3) is 0.250. The van der Waals surface area contributed by atoms with Gasteiger partial charge in [0.2, 0.25) is 0 Å². The third-order valence-electron chi connectivity index (χ3n) is 2.48. The molecule has 0 radical (unpaired) electrons. The Morgan fingerprint density at radius 1 is 1.36 bits per heavy atom. The Kier molecular flexibility index (Phi) is 2.35. The molecule has 2 heteroatoms. The third-order valence-corrected chi connectivity index (χ3v) is 2.48. The highest BCUT2D eigenvalue weighted by molar-refractivity contribution is 5.64. The smallest absolute Gasteiger partial charge is 0.137 e. The first-order valence-corrected chi connectivity index (χ1v) is 4.91. The van der Waals surface area contributed by atoms with E-state index < -0.39 is 0 Å². The number of hydrogen-bond acceptors (Lipinski definition) is 1. The van der Waals surface area contributed by atoms with Gasteiger partial charge in [-0.15, -0.1) is 0 Å². The van der Waals surface area contributed by atoms with E-state index in [9.17, 15) is 0 Å². The predicted octanol–water partition coefficient (Wildman–Crippen LogP) is 2.95. The summed E-state index contributed by atoms with van der Waals surface area (Å²) >= 11 is 0. The van der Waals surface area contributed by atoms with Crippen molar-refractivity contribution in [3.8, 4) is 11.4 Å². The van der Waals surface area contributed by atoms with Crippen LogP contribution < -0.4 is 0 Å². The number of nitrogens with zero attached hydrogens (tertiary/aromatic N) is 1. The van der Waals surface area contributed by atoms with Crippen LogP contribution in [-0.4, -0.2) is 9.97 Å². The van der Waals surface area contributed by atoms with Gasteiger partial charge in [-0.1, -0.05) is 25.1 Å². The molecular formula is C12H14N2. The summed E-state index contributed by atoms with van der Waals surface area (Å²) in [5, 5.41) is 0. The highest BCUT2D eigenvalue weighted by Gasteiger charge is 2.07. The molecule has 0 saturated heterocycles. The van der Waals surface area contributed by atoms with Crippen molar-refractivity contribution in [1.82, 2.24) is 9.97 Å². The predicted molar refractivity (Wildman–Crippen MR) is 58.1 cm³/mol. The number of hydrogen-bond donors (Lipinski definition) is 1. The van der Waals surface area contributed by atoms with Crippen LogP contribution in [0.3, 0.4) is 0 Å². The molecule has 14 heavy (non-hydrogen) atoms. The van der Waals surface area contributed by atoms with Crippen LogP contribution in [0.15, 0.2) is 30.6 Å². The van der Waals surface area contributed by atoms with Crippen molar-refractivity contribution in [3.63, 3.8) is 0 Å². The second kappa shape index (κ2) is 3.66. The quantitative estimate of drug-likeness (QED) is 0.767. The summed E-state index contributed by atoms with van der Waals surface area (Å²) in [6.45, 7) is 4.29. The van der Waals surface area contributed by atoms with Gasteiger partial charge in [0, 0.05) is 18.0 Å². The minimum atomic E-state index is 0.972. The van der Waals surface area contributed by atoms with Gasteiger partial charge in [0.05, 0.1) is 0 Å². The molecule has 2 aromatic rings. The Morgan fingerprint density at radius 3 is 2.86 bits per heavy atom. The van der Waals surface area contributed by atoms with Crippen LogP contribution >= 0.6 is 0 Å². The molecule has 2 nitrogen and oxygen atoms in total. The summed E-state index contributed by atoms with van der Waals surface area (Å²) in [5.41, 5.74) is 3.87. The molecule has 72 valence electrons. The fourth-order valence-electron chi connectivity index (χ4n) is 1.76. The summed E-state index contributed by atoms with van der Waals surface area (Å²) in [6, 6.07) is 6.38. The van der Waals surface area contributed by atoms with Gasteiger partial charge in [0.25, 0.3) is 0 Å². The molecule has 1 heterocycles. The Labute approximate surface area is 84.0 Å². The highest BCUT2D eigenvalue weighted by Crippen LogP contribution is 2.24. The van der Waals surface area contributed by atoms with Crippen molar-refractivity contribution in [2.24, 2.45) is 0 Å². The van der Waals surface area contributed by atoms with Gasteiger partial charge < -0.3 is 4.98 Å². The van der Waals surface area contributed by atoms with Crippen LogP contribution in [0, 0.1) is 6.92 Å². The summed E-state index contributed by atoms with van der Waals surface area (Å²) in [4.78, 5) is 7.46. The summed E-state index contributed by atoms with van der Waals surface area (Å²) in [6.07, 6.45) is 4.69. The number of benzene rings is 1. The molecule has 0 aliphatic rings. The second-order valence-electron chi connectivity index (χ2n) is 3.40. The molecule has 0 aliphatic heterocycles. The molecule has 1 aromatic heterocycles. The van der Waals surface area contributed by atoms with Crippen LogP contribution in [0.4, 0.5) is 0 Å². The largest absolute Gasteiger partial charge is 0.345 e. The standard InChI is InChI=1S/C12H14N2/c1-3-10-6-4-5-9(2)11(10)12-13-7-8-14-12/h4-8H,3H2,1-2H3,(H,13,14). The number of H-pyrrole nitrogens is 1. The van der Waals surface area contributed by atoms with Crippen LogP contribution in [-0.2, 0) is 6.42 Å². The van der Waals surface area contributed by atoms with E-state index in [0.717, 1.165) is 12.2 Å². The van der Waals surface area contributed by atoms with Gasteiger partial charge in [0.1, 0.15) is 5.82 Å². The van der Waals surface area contributed by atoms with Gasteiger partial charge >= 0.3 is 0 Å². The van der Waals surface area contributed by atoms with E-state index in [0.29, 0.717) is 0 Å². The zero-order chi connectivity index (χ0) is 9.97. The molecule has 0 amide bonds. The summed E-state index contributed by atoms with van der Waals surface area (Å²) in [7, 11) is 0. The molecule has 0 bridgehead atoms. The Hall–Kier alpha value is -1.57. The van der Waals surface area contributed by atoms with Crippen molar-refractivity contribution in [2.75, 3.05) is 0 Å². The van der Waals surface area contributed by atoms with E-state index >= 15 is 0 Å². The van der Waals surface area contributed by atoms with Crippen molar-refractivity contribution in [3.05, 3.63) is 41.7 Å². The number of aryl methyl sites for hydroxylation is 2. The number of aromatic nitrogens is 2.